The fourth-order valence-corrected chi connectivity index (χ4v) is 2.55. The normalized spacial score (nSPS) is 11.0. The molecule has 0 aliphatic carbocycles. The summed E-state index contributed by atoms with van der Waals surface area (Å²) in [7, 11) is 3.42. The molecule has 0 saturated heterocycles. The standard InChI is InChI=1S/C22H21N3O4/c1-25(2)22(26)16-8-12-18(13-9-16)29-20-5-3-4-19(14-20)28-17-10-6-15(7-11-17)21(23)24-27/h3-14,27H,1-2H3,(H2,23,24). The van der Waals surface area contributed by atoms with E-state index in [1.165, 1.54) is 4.90 Å². The average Bonchev–Trinajstić information content (AvgIpc) is 2.74. The third kappa shape index (κ3) is 5.04. The molecule has 3 N–H and O–H groups in total. The Balaban J connectivity index is 1.69. The van der Waals surface area contributed by atoms with E-state index < -0.39 is 0 Å². The minimum Gasteiger partial charge on any atom is -0.457 e. The monoisotopic (exact) mass is 391 g/mol. The molecule has 7 nitrogen and oxygen atoms in total. The summed E-state index contributed by atoms with van der Waals surface area (Å²) in [4.78, 5) is 13.5. The van der Waals surface area contributed by atoms with E-state index >= 15 is 0 Å². The van der Waals surface area contributed by atoms with E-state index in [1.54, 1.807) is 68.7 Å². The number of carbonyl (C=O) groups is 1. The topological polar surface area (TPSA) is 97.4 Å². The van der Waals surface area contributed by atoms with Gasteiger partial charge in [-0.25, -0.2) is 0 Å². The van der Waals surface area contributed by atoms with Gasteiger partial charge in [0.2, 0.25) is 0 Å². The number of ether oxygens (including phenoxy) is 2. The van der Waals surface area contributed by atoms with Crippen LogP contribution in [-0.2, 0) is 0 Å². The van der Waals surface area contributed by atoms with Gasteiger partial charge in [-0.15, -0.1) is 0 Å². The second kappa shape index (κ2) is 8.79. The van der Waals surface area contributed by atoms with Crippen molar-refractivity contribution >= 4 is 11.7 Å². The van der Waals surface area contributed by atoms with Gasteiger partial charge in [0, 0.05) is 31.3 Å². The third-order valence-electron chi connectivity index (χ3n) is 4.04. The van der Waals surface area contributed by atoms with Crippen molar-refractivity contribution in [3.05, 3.63) is 83.9 Å². The molecule has 7 heteroatoms. The quantitative estimate of drug-likeness (QED) is 0.286. The number of oxime groups is 1. The number of carbonyl (C=O) groups excluding carboxylic acids is 1. The summed E-state index contributed by atoms with van der Waals surface area (Å²) in [5.74, 6) is 2.37. The molecule has 3 aromatic carbocycles. The highest BCUT2D eigenvalue weighted by Gasteiger charge is 2.08. The van der Waals surface area contributed by atoms with Crippen LogP contribution in [0.1, 0.15) is 15.9 Å². The zero-order valence-corrected chi connectivity index (χ0v) is 16.1. The van der Waals surface area contributed by atoms with Gasteiger partial charge in [0.15, 0.2) is 5.84 Å². The summed E-state index contributed by atoms with van der Waals surface area (Å²) in [6.45, 7) is 0. The molecule has 0 atom stereocenters. The Kier molecular flexibility index (Phi) is 5.99. The van der Waals surface area contributed by atoms with Crippen LogP contribution in [0.4, 0.5) is 0 Å². The summed E-state index contributed by atoms with van der Waals surface area (Å²) in [6, 6.07) is 21.0. The molecule has 3 aromatic rings. The maximum Gasteiger partial charge on any atom is 0.253 e. The van der Waals surface area contributed by atoms with Gasteiger partial charge in [-0.3, -0.25) is 4.79 Å². The highest BCUT2D eigenvalue weighted by atomic mass is 16.5. The van der Waals surface area contributed by atoms with E-state index in [2.05, 4.69) is 5.16 Å². The number of benzene rings is 3. The van der Waals surface area contributed by atoms with Crippen LogP contribution in [0.2, 0.25) is 0 Å². The Labute approximate surface area is 168 Å². The Morgan fingerprint density at radius 1 is 0.828 bits per heavy atom. The molecule has 1 amide bonds. The molecule has 0 heterocycles. The summed E-state index contributed by atoms with van der Waals surface area (Å²) < 4.78 is 11.7. The van der Waals surface area contributed by atoms with Crippen molar-refractivity contribution in [3.63, 3.8) is 0 Å². The summed E-state index contributed by atoms with van der Waals surface area (Å²) in [6.07, 6.45) is 0. The summed E-state index contributed by atoms with van der Waals surface area (Å²) in [5, 5.41) is 11.7. The minimum absolute atomic E-state index is 0.0326. The maximum atomic E-state index is 12.0. The Morgan fingerprint density at radius 2 is 1.31 bits per heavy atom. The van der Waals surface area contributed by atoms with Gasteiger partial charge >= 0.3 is 0 Å². The maximum absolute atomic E-state index is 12.0. The van der Waals surface area contributed by atoms with Crippen LogP contribution in [0.25, 0.3) is 0 Å². The Morgan fingerprint density at radius 3 is 1.76 bits per heavy atom. The van der Waals surface area contributed by atoms with Crippen LogP contribution in [0.3, 0.4) is 0 Å². The molecule has 0 bridgehead atoms. The third-order valence-corrected chi connectivity index (χ3v) is 4.04. The first kappa shape index (κ1) is 19.8. The first-order valence-electron chi connectivity index (χ1n) is 8.82. The molecule has 0 aliphatic rings. The van der Waals surface area contributed by atoms with E-state index in [9.17, 15) is 4.79 Å². The van der Waals surface area contributed by atoms with E-state index in [0.29, 0.717) is 34.1 Å². The predicted molar refractivity (Wildman–Crippen MR) is 110 cm³/mol. The molecule has 0 saturated carbocycles. The highest BCUT2D eigenvalue weighted by Crippen LogP contribution is 2.28. The molecule has 0 aromatic heterocycles. The number of rotatable bonds is 6. The minimum atomic E-state index is -0.0648. The van der Waals surface area contributed by atoms with Crippen LogP contribution < -0.4 is 15.2 Å². The van der Waals surface area contributed by atoms with Gasteiger partial charge in [0.25, 0.3) is 5.91 Å². The smallest absolute Gasteiger partial charge is 0.253 e. The van der Waals surface area contributed by atoms with Gasteiger partial charge in [0.05, 0.1) is 0 Å². The lowest BCUT2D eigenvalue weighted by Crippen LogP contribution is -2.21. The number of nitrogens with two attached hydrogens (primary N) is 1. The molecule has 0 spiro atoms. The lowest BCUT2D eigenvalue weighted by molar-refractivity contribution is 0.0827. The lowest BCUT2D eigenvalue weighted by Gasteiger charge is -2.12. The van der Waals surface area contributed by atoms with Gasteiger partial charge in [-0.05, 0) is 60.7 Å². The molecule has 148 valence electrons. The molecule has 0 unspecified atom stereocenters. The first-order chi connectivity index (χ1) is 14.0. The first-order valence-corrected chi connectivity index (χ1v) is 8.82. The van der Waals surface area contributed by atoms with Crippen LogP contribution >= 0.6 is 0 Å². The van der Waals surface area contributed by atoms with Gasteiger partial charge < -0.3 is 25.3 Å². The van der Waals surface area contributed by atoms with Crippen molar-refractivity contribution in [1.82, 2.24) is 4.90 Å². The second-order valence-corrected chi connectivity index (χ2v) is 6.41. The van der Waals surface area contributed by atoms with E-state index in [1.807, 2.05) is 18.2 Å². The second-order valence-electron chi connectivity index (χ2n) is 6.41. The van der Waals surface area contributed by atoms with E-state index in [0.717, 1.165) is 0 Å². The van der Waals surface area contributed by atoms with Crippen molar-refractivity contribution in [2.45, 2.75) is 0 Å². The van der Waals surface area contributed by atoms with Crippen molar-refractivity contribution in [2.24, 2.45) is 10.9 Å². The largest absolute Gasteiger partial charge is 0.457 e. The molecule has 29 heavy (non-hydrogen) atoms. The Bertz CT molecular complexity index is 1010. The van der Waals surface area contributed by atoms with Crippen molar-refractivity contribution in [2.75, 3.05) is 14.1 Å². The SMILES string of the molecule is CN(C)C(=O)c1ccc(Oc2cccc(Oc3ccc(/C(N)=N/O)cc3)c2)cc1. The zero-order valence-electron chi connectivity index (χ0n) is 16.1. The number of amides is 1. The molecular formula is C22H21N3O4. The van der Waals surface area contributed by atoms with Crippen LogP contribution in [-0.4, -0.2) is 35.9 Å². The summed E-state index contributed by atoms with van der Waals surface area (Å²) in [5.41, 5.74) is 6.74. The van der Waals surface area contributed by atoms with Gasteiger partial charge in [-0.2, -0.15) is 0 Å². The number of hydrogen-bond donors (Lipinski definition) is 2. The predicted octanol–water partition coefficient (Wildman–Crippen LogP) is 4.07. The molecular weight excluding hydrogens is 370 g/mol. The van der Waals surface area contributed by atoms with Crippen molar-refractivity contribution in [1.29, 1.82) is 0 Å². The summed E-state index contributed by atoms with van der Waals surface area (Å²) >= 11 is 0. The molecule has 0 aliphatic heterocycles. The van der Waals surface area contributed by atoms with Gasteiger partial charge in [-0.1, -0.05) is 11.2 Å². The van der Waals surface area contributed by atoms with Crippen molar-refractivity contribution in [3.8, 4) is 23.0 Å². The van der Waals surface area contributed by atoms with Crippen LogP contribution in [0.5, 0.6) is 23.0 Å². The molecule has 0 fully saturated rings. The van der Waals surface area contributed by atoms with Crippen LogP contribution in [0.15, 0.2) is 78.0 Å². The fourth-order valence-electron chi connectivity index (χ4n) is 2.55. The van der Waals surface area contributed by atoms with E-state index in [-0.39, 0.29) is 11.7 Å². The fraction of sp³-hybridized carbons (Fsp3) is 0.0909. The molecule has 3 rings (SSSR count). The highest BCUT2D eigenvalue weighted by molar-refractivity contribution is 5.97. The van der Waals surface area contributed by atoms with Crippen molar-refractivity contribution < 1.29 is 19.5 Å². The number of amidine groups is 1. The zero-order chi connectivity index (χ0) is 20.8. The Hall–Kier alpha value is -4.00. The number of nitrogens with zero attached hydrogens (tertiary/aromatic N) is 2. The average molecular weight is 391 g/mol. The lowest BCUT2D eigenvalue weighted by atomic mass is 10.2. The van der Waals surface area contributed by atoms with Gasteiger partial charge in [0.1, 0.15) is 23.0 Å². The molecule has 0 radical (unpaired) electrons. The van der Waals surface area contributed by atoms with E-state index in [4.69, 9.17) is 20.4 Å². The van der Waals surface area contributed by atoms with Crippen LogP contribution in [0, 0.1) is 0 Å². The number of hydrogen-bond acceptors (Lipinski definition) is 5.